The van der Waals surface area contributed by atoms with Crippen molar-refractivity contribution < 1.29 is 4.42 Å². The van der Waals surface area contributed by atoms with Crippen LogP contribution in [-0.4, -0.2) is 0 Å². The predicted octanol–water partition coefficient (Wildman–Crippen LogP) is 10.4. The first-order chi connectivity index (χ1) is 18.4. The second-order valence-electron chi connectivity index (χ2n) is 9.68. The molecule has 1 nitrogen and oxygen atoms in total. The van der Waals surface area contributed by atoms with Crippen molar-refractivity contribution in [3.8, 4) is 22.3 Å². The fourth-order valence-corrected chi connectivity index (χ4v) is 6.01. The molecular weight excluding hydrogens is 448 g/mol. The first kappa shape index (κ1) is 20.3. The second-order valence-corrected chi connectivity index (χ2v) is 9.68. The lowest BCUT2D eigenvalue weighted by Crippen LogP contribution is -1.89. The number of para-hydroxylation sites is 2. The van der Waals surface area contributed by atoms with Gasteiger partial charge in [0.1, 0.15) is 11.2 Å². The van der Waals surface area contributed by atoms with Crippen LogP contribution >= 0.6 is 0 Å². The minimum Gasteiger partial charge on any atom is -0.455 e. The molecule has 8 rings (SSSR count). The Morgan fingerprint density at radius 1 is 0.324 bits per heavy atom. The molecule has 1 heterocycles. The summed E-state index contributed by atoms with van der Waals surface area (Å²) in [5, 5.41) is 9.90. The number of hydrogen-bond acceptors (Lipinski definition) is 1. The average Bonchev–Trinajstić information content (AvgIpc) is 3.35. The Morgan fingerprint density at radius 3 is 1.62 bits per heavy atom. The van der Waals surface area contributed by atoms with E-state index in [1.165, 1.54) is 49.0 Å². The van der Waals surface area contributed by atoms with Crippen LogP contribution in [0.25, 0.3) is 76.5 Å². The number of fused-ring (bicyclic) bond motifs is 7. The summed E-state index contributed by atoms with van der Waals surface area (Å²) in [6, 6.07) is 47.8. The Morgan fingerprint density at radius 2 is 0.865 bits per heavy atom. The summed E-state index contributed by atoms with van der Waals surface area (Å²) in [5.74, 6) is 0. The molecule has 7 aromatic carbocycles. The van der Waals surface area contributed by atoms with Crippen molar-refractivity contribution >= 4 is 54.3 Å². The highest BCUT2D eigenvalue weighted by Crippen LogP contribution is 2.43. The summed E-state index contributed by atoms with van der Waals surface area (Å²) in [7, 11) is 0. The maximum absolute atomic E-state index is 6.41. The maximum Gasteiger partial charge on any atom is 0.143 e. The van der Waals surface area contributed by atoms with Crippen LogP contribution in [0.2, 0.25) is 0 Å². The zero-order valence-corrected chi connectivity index (χ0v) is 20.1. The Labute approximate surface area is 214 Å². The fraction of sp³-hybridized carbons (Fsp3) is 0. The third-order valence-electron chi connectivity index (χ3n) is 7.68. The Bertz CT molecular complexity index is 2140. The molecule has 0 fully saturated rings. The van der Waals surface area contributed by atoms with E-state index >= 15 is 0 Å². The van der Waals surface area contributed by atoms with Crippen LogP contribution in [0.4, 0.5) is 0 Å². The minimum absolute atomic E-state index is 0.925. The first-order valence-corrected chi connectivity index (χ1v) is 12.7. The van der Waals surface area contributed by atoms with Crippen LogP contribution in [0.1, 0.15) is 0 Å². The van der Waals surface area contributed by atoms with Crippen molar-refractivity contribution in [3.05, 3.63) is 133 Å². The quantitative estimate of drug-likeness (QED) is 0.229. The standard InChI is InChI=1S/C36H22O/c1-2-11-24-23(10-1)22-34(28-15-6-3-12-25(24)28)30-21-20-29(26-13-4-5-14-27(26)30)32-17-9-18-33-31-16-7-8-19-35(31)37-36(32)33/h1-22H. The summed E-state index contributed by atoms with van der Waals surface area (Å²) < 4.78 is 6.41. The SMILES string of the molecule is c1ccc2c(c1)cc(-c1ccc(-c3cccc4c3oc3ccccc34)c3ccccc13)c1ccccc12. The van der Waals surface area contributed by atoms with Crippen molar-refractivity contribution in [2.45, 2.75) is 0 Å². The van der Waals surface area contributed by atoms with E-state index in [-0.39, 0.29) is 0 Å². The van der Waals surface area contributed by atoms with E-state index in [2.05, 4.69) is 121 Å². The van der Waals surface area contributed by atoms with Gasteiger partial charge in [-0.1, -0.05) is 121 Å². The summed E-state index contributed by atoms with van der Waals surface area (Å²) in [5.41, 5.74) is 6.69. The molecule has 0 atom stereocenters. The van der Waals surface area contributed by atoms with Gasteiger partial charge in [-0.05, 0) is 61.1 Å². The van der Waals surface area contributed by atoms with Crippen LogP contribution in [0, 0.1) is 0 Å². The molecule has 1 aromatic heterocycles. The lowest BCUT2D eigenvalue weighted by molar-refractivity contribution is 0.670. The number of hydrogen-bond donors (Lipinski definition) is 0. The third-order valence-corrected chi connectivity index (χ3v) is 7.68. The molecule has 0 spiro atoms. The lowest BCUT2D eigenvalue weighted by atomic mass is 9.88. The van der Waals surface area contributed by atoms with E-state index < -0.39 is 0 Å². The van der Waals surface area contributed by atoms with Crippen LogP contribution in [0.15, 0.2) is 138 Å². The highest BCUT2D eigenvalue weighted by molar-refractivity contribution is 6.18. The number of furan rings is 1. The zero-order chi connectivity index (χ0) is 24.3. The molecule has 1 heteroatoms. The molecule has 0 saturated heterocycles. The van der Waals surface area contributed by atoms with Crippen molar-refractivity contribution in [2.75, 3.05) is 0 Å². The summed E-state index contributed by atoms with van der Waals surface area (Å²) >= 11 is 0. The molecule has 0 aliphatic heterocycles. The van der Waals surface area contributed by atoms with Gasteiger partial charge >= 0.3 is 0 Å². The van der Waals surface area contributed by atoms with Crippen LogP contribution in [0.5, 0.6) is 0 Å². The van der Waals surface area contributed by atoms with Crippen molar-refractivity contribution in [3.63, 3.8) is 0 Å². The van der Waals surface area contributed by atoms with E-state index in [4.69, 9.17) is 4.42 Å². The van der Waals surface area contributed by atoms with Gasteiger partial charge in [0, 0.05) is 16.3 Å². The molecule has 0 aliphatic rings. The van der Waals surface area contributed by atoms with Gasteiger partial charge in [-0.15, -0.1) is 0 Å². The normalized spacial score (nSPS) is 11.8. The van der Waals surface area contributed by atoms with Crippen molar-refractivity contribution in [1.29, 1.82) is 0 Å². The van der Waals surface area contributed by atoms with E-state index in [0.717, 1.165) is 27.5 Å². The van der Waals surface area contributed by atoms with Gasteiger partial charge < -0.3 is 4.42 Å². The van der Waals surface area contributed by atoms with Gasteiger partial charge in [-0.2, -0.15) is 0 Å². The Kier molecular flexibility index (Phi) is 4.29. The fourth-order valence-electron chi connectivity index (χ4n) is 6.01. The largest absolute Gasteiger partial charge is 0.455 e. The summed E-state index contributed by atoms with van der Waals surface area (Å²) in [4.78, 5) is 0. The smallest absolute Gasteiger partial charge is 0.143 e. The molecule has 0 amide bonds. The van der Waals surface area contributed by atoms with Gasteiger partial charge in [0.25, 0.3) is 0 Å². The van der Waals surface area contributed by atoms with E-state index in [1.807, 2.05) is 12.1 Å². The molecular formula is C36H22O. The predicted molar refractivity (Wildman–Crippen MR) is 157 cm³/mol. The molecule has 0 N–H and O–H groups in total. The zero-order valence-electron chi connectivity index (χ0n) is 20.1. The third kappa shape index (κ3) is 2.98. The Hall–Kier alpha value is -4.88. The highest BCUT2D eigenvalue weighted by atomic mass is 16.3. The monoisotopic (exact) mass is 470 g/mol. The van der Waals surface area contributed by atoms with Crippen LogP contribution in [0.3, 0.4) is 0 Å². The van der Waals surface area contributed by atoms with Crippen LogP contribution in [-0.2, 0) is 0 Å². The molecule has 172 valence electrons. The molecule has 0 unspecified atom stereocenters. The highest BCUT2D eigenvalue weighted by Gasteiger charge is 2.17. The number of rotatable bonds is 2. The lowest BCUT2D eigenvalue weighted by Gasteiger charge is -2.15. The molecule has 37 heavy (non-hydrogen) atoms. The van der Waals surface area contributed by atoms with E-state index in [0.29, 0.717) is 0 Å². The van der Waals surface area contributed by atoms with Gasteiger partial charge in [-0.25, -0.2) is 0 Å². The van der Waals surface area contributed by atoms with E-state index in [9.17, 15) is 0 Å². The summed E-state index contributed by atoms with van der Waals surface area (Å²) in [6.07, 6.45) is 0. The van der Waals surface area contributed by atoms with Crippen molar-refractivity contribution in [2.24, 2.45) is 0 Å². The van der Waals surface area contributed by atoms with E-state index in [1.54, 1.807) is 0 Å². The molecule has 0 saturated carbocycles. The van der Waals surface area contributed by atoms with Gasteiger partial charge in [0.15, 0.2) is 0 Å². The summed E-state index contributed by atoms with van der Waals surface area (Å²) in [6.45, 7) is 0. The topological polar surface area (TPSA) is 13.1 Å². The van der Waals surface area contributed by atoms with Gasteiger partial charge in [-0.3, -0.25) is 0 Å². The van der Waals surface area contributed by atoms with Gasteiger partial charge in [0.2, 0.25) is 0 Å². The Balaban J connectivity index is 1.44. The second kappa shape index (κ2) is 7.81. The first-order valence-electron chi connectivity index (χ1n) is 12.7. The van der Waals surface area contributed by atoms with Crippen molar-refractivity contribution in [1.82, 2.24) is 0 Å². The molecule has 0 aliphatic carbocycles. The molecule has 8 aromatic rings. The maximum atomic E-state index is 6.41. The molecule has 0 radical (unpaired) electrons. The van der Waals surface area contributed by atoms with Gasteiger partial charge in [0.05, 0.1) is 0 Å². The number of benzene rings is 7. The van der Waals surface area contributed by atoms with Crippen LogP contribution < -0.4 is 0 Å². The molecule has 0 bridgehead atoms. The average molecular weight is 471 g/mol. The minimum atomic E-state index is 0.925.